The normalized spacial score (nSPS) is 32.5. The fraction of sp³-hybridized carbons (Fsp3) is 0.420. The molecule has 12 rings (SSSR count). The number of aliphatic hydroxyl groups excluding tert-OH is 5. The number of nitrogens with two attached hydrogens (primary N) is 1. The van der Waals surface area contributed by atoms with Gasteiger partial charge in [-0.1, -0.05) is 182 Å². The number of hydrogen-bond donors (Lipinski definition) is 9. The third kappa shape index (κ3) is 16.3. The second kappa shape index (κ2) is 31.8. The lowest BCUT2D eigenvalue weighted by Crippen LogP contribution is -2.70. The number of nitrogens with zero attached hydrogens (tertiary/aromatic N) is 1. The highest BCUT2D eigenvalue weighted by Gasteiger charge is 2.59. The molecule has 510 valence electrons. The van der Waals surface area contributed by atoms with Gasteiger partial charge in [0.15, 0.2) is 31.4 Å². The second-order valence-electron chi connectivity index (χ2n) is 24.0. The Morgan fingerprint density at radius 1 is 0.469 bits per heavy atom. The largest absolute Gasteiger partial charge is 0.445 e. The average Bonchev–Trinajstić information content (AvgIpc) is 1.03. The van der Waals surface area contributed by atoms with Crippen LogP contribution in [0.5, 0.6) is 0 Å². The van der Waals surface area contributed by atoms with Crippen LogP contribution in [0.1, 0.15) is 52.3 Å². The van der Waals surface area contributed by atoms with Gasteiger partial charge in [-0.25, -0.2) is 19.2 Å². The van der Waals surface area contributed by atoms with Crippen LogP contribution in [0, 0.1) is 0 Å². The first-order valence-corrected chi connectivity index (χ1v) is 31.7. The van der Waals surface area contributed by atoms with Crippen LogP contribution < -0.4 is 21.7 Å². The van der Waals surface area contributed by atoms with E-state index in [0.717, 1.165) is 0 Å². The summed E-state index contributed by atoms with van der Waals surface area (Å²) in [7, 11) is 0. The highest BCUT2D eigenvalue weighted by molar-refractivity contribution is 5.70. The monoisotopic (exact) mass is 1330 g/mol. The van der Waals surface area contributed by atoms with Crippen molar-refractivity contribution in [3.8, 4) is 0 Å². The zero-order chi connectivity index (χ0) is 66.7. The molecule has 27 nitrogen and oxygen atoms in total. The van der Waals surface area contributed by atoms with Crippen molar-refractivity contribution in [2.75, 3.05) is 19.8 Å². The van der Waals surface area contributed by atoms with Crippen molar-refractivity contribution in [3.05, 3.63) is 215 Å². The molecule has 0 bridgehead atoms. The number of fused-ring (bicyclic) bond motifs is 2. The van der Waals surface area contributed by atoms with Gasteiger partial charge in [-0.15, -0.1) is 0 Å². The first-order valence-electron chi connectivity index (χ1n) is 31.7. The maximum atomic E-state index is 14.2. The van der Waals surface area contributed by atoms with Gasteiger partial charge < -0.3 is 109 Å². The number of alkyl carbamates (subject to hydrolysis) is 3. The Kier molecular flexibility index (Phi) is 22.4. The van der Waals surface area contributed by atoms with E-state index in [0.29, 0.717) is 33.4 Å². The van der Waals surface area contributed by atoms with E-state index in [9.17, 15) is 44.7 Å². The van der Waals surface area contributed by atoms with Crippen LogP contribution in [0.15, 0.2) is 182 Å². The molecular weight excluding hydrogens is 1250 g/mol. The molecule has 5 saturated heterocycles. The molecule has 0 spiro atoms. The van der Waals surface area contributed by atoms with Crippen LogP contribution in [0.3, 0.4) is 0 Å². The fourth-order valence-electron chi connectivity index (χ4n) is 12.5. The van der Waals surface area contributed by atoms with Crippen LogP contribution in [0.25, 0.3) is 0 Å². The van der Waals surface area contributed by atoms with Gasteiger partial charge in [-0.3, -0.25) is 4.90 Å². The molecular formula is C69H77N5O22. The minimum Gasteiger partial charge on any atom is -0.445 e. The zero-order valence-electron chi connectivity index (χ0n) is 51.8. The summed E-state index contributed by atoms with van der Waals surface area (Å²) in [5, 5.41) is 68.8. The number of carbonyl (C=O) groups excluding carboxylic acids is 4. The van der Waals surface area contributed by atoms with E-state index in [4.69, 9.17) is 67.3 Å². The Balaban J connectivity index is 0.824. The number of amides is 4. The number of aliphatic hydroxyl groups is 5. The lowest BCUT2D eigenvalue weighted by molar-refractivity contribution is -0.358. The van der Waals surface area contributed by atoms with Gasteiger partial charge in [0.25, 0.3) is 0 Å². The van der Waals surface area contributed by atoms with E-state index >= 15 is 0 Å². The molecule has 2 unspecified atom stereocenters. The summed E-state index contributed by atoms with van der Waals surface area (Å²) in [4.78, 5) is 57.1. The second-order valence-corrected chi connectivity index (χ2v) is 24.0. The molecule has 21 atom stereocenters. The first kappa shape index (κ1) is 67.8. The molecule has 6 aromatic carbocycles. The highest BCUT2D eigenvalue weighted by Crippen LogP contribution is 2.41. The Morgan fingerprint density at radius 2 is 0.906 bits per heavy atom. The predicted octanol–water partition coefficient (Wildman–Crippen LogP) is 4.22. The van der Waals surface area contributed by atoms with Gasteiger partial charge in [0, 0.05) is 17.2 Å². The van der Waals surface area contributed by atoms with Gasteiger partial charge in [0.1, 0.15) is 106 Å². The number of ether oxygens (including phenoxy) is 13. The zero-order valence-corrected chi connectivity index (χ0v) is 51.8. The summed E-state index contributed by atoms with van der Waals surface area (Å²) in [6.45, 7) is -1.88. The molecule has 6 aliphatic rings. The number of rotatable bonds is 20. The highest BCUT2D eigenvalue weighted by atomic mass is 16.8. The fourth-order valence-corrected chi connectivity index (χ4v) is 12.5. The van der Waals surface area contributed by atoms with Gasteiger partial charge >= 0.3 is 24.4 Å². The maximum Gasteiger partial charge on any atom is 0.412 e. The summed E-state index contributed by atoms with van der Waals surface area (Å²) in [5.74, 6) is 0. The van der Waals surface area contributed by atoms with Gasteiger partial charge in [0.2, 0.25) is 0 Å². The molecule has 96 heavy (non-hydrogen) atoms. The molecule has 5 heterocycles. The van der Waals surface area contributed by atoms with E-state index in [1.165, 1.54) is 4.90 Å². The third-order valence-electron chi connectivity index (χ3n) is 17.5. The minimum absolute atomic E-state index is 0.0958. The topological polar surface area (TPSA) is 355 Å². The van der Waals surface area contributed by atoms with Gasteiger partial charge in [-0.05, 0) is 28.7 Å². The van der Waals surface area contributed by atoms with E-state index in [1.807, 2.05) is 12.1 Å². The lowest BCUT2D eigenvalue weighted by Gasteiger charge is -2.51. The Morgan fingerprint density at radius 3 is 1.42 bits per heavy atom. The van der Waals surface area contributed by atoms with Crippen LogP contribution >= 0.6 is 0 Å². The van der Waals surface area contributed by atoms with Crippen LogP contribution in [-0.4, -0.2) is 191 Å². The van der Waals surface area contributed by atoms with Crippen molar-refractivity contribution in [2.45, 2.75) is 162 Å². The average molecular weight is 1330 g/mol. The lowest BCUT2D eigenvalue weighted by atomic mass is 9.83. The van der Waals surface area contributed by atoms with Crippen molar-refractivity contribution in [2.24, 2.45) is 5.73 Å². The summed E-state index contributed by atoms with van der Waals surface area (Å²) in [6, 6.07) is 47.6. The summed E-state index contributed by atoms with van der Waals surface area (Å²) in [5.41, 5.74) is 10.5. The molecule has 10 N–H and O–H groups in total. The first-order chi connectivity index (χ1) is 46.7. The number of benzene rings is 6. The van der Waals surface area contributed by atoms with Crippen LogP contribution in [0.2, 0.25) is 0 Å². The molecule has 1 aliphatic carbocycles. The Labute approximate surface area is 552 Å². The van der Waals surface area contributed by atoms with Crippen molar-refractivity contribution < 1.29 is 106 Å². The predicted molar refractivity (Wildman–Crippen MR) is 332 cm³/mol. The van der Waals surface area contributed by atoms with Crippen molar-refractivity contribution in [1.82, 2.24) is 20.9 Å². The molecule has 0 aromatic heterocycles. The van der Waals surface area contributed by atoms with E-state index in [-0.39, 0.29) is 46.0 Å². The number of hydrogen-bond acceptors (Lipinski definition) is 23. The molecule has 6 fully saturated rings. The summed E-state index contributed by atoms with van der Waals surface area (Å²) >= 11 is 0. The molecule has 4 amide bonds. The van der Waals surface area contributed by atoms with Gasteiger partial charge in [-0.2, -0.15) is 0 Å². The van der Waals surface area contributed by atoms with Crippen molar-refractivity contribution >= 4 is 24.4 Å². The van der Waals surface area contributed by atoms with E-state index < -0.39 is 160 Å². The van der Waals surface area contributed by atoms with Crippen LogP contribution in [-0.2, 0) is 88.0 Å². The molecule has 27 heteroatoms. The van der Waals surface area contributed by atoms with Crippen molar-refractivity contribution in [3.63, 3.8) is 0 Å². The Bertz CT molecular complexity index is 3460. The van der Waals surface area contributed by atoms with E-state index in [1.54, 1.807) is 170 Å². The van der Waals surface area contributed by atoms with Crippen LogP contribution in [0.4, 0.5) is 19.2 Å². The third-order valence-corrected chi connectivity index (χ3v) is 17.5. The molecule has 6 aromatic rings. The number of nitrogens with one attached hydrogen (secondary N) is 3. The minimum atomic E-state index is -1.94. The smallest absolute Gasteiger partial charge is 0.412 e. The molecule has 0 radical (unpaired) electrons. The molecule has 1 saturated carbocycles. The summed E-state index contributed by atoms with van der Waals surface area (Å²) < 4.78 is 81.0. The van der Waals surface area contributed by atoms with Gasteiger partial charge in [0.05, 0.1) is 31.9 Å². The number of carbonyl (C=O) groups is 4. The van der Waals surface area contributed by atoms with E-state index in [2.05, 4.69) is 16.0 Å². The van der Waals surface area contributed by atoms with Crippen molar-refractivity contribution in [1.29, 1.82) is 0 Å². The standard InChI is InChI=1S/C69H77N5O22/c70-45-31-46(71-66(80)85-34-39-19-7-1-8-20-39)56(93-64-51(73-68(82)87-36-41-23-11-3-12-24-41)54(78)59-49(91-64)38-84-62(94-59)44-29-17-6-18-30-44)60(52(45)76)96-65-55(79)58(48(33-75)90-65)95-63-50(72-67(81)86-35-40-21-9-2-10-22-40)53(77)57-47(89-63)32-74(61(92-57)43-27-15-5-16-28-43)69(83)88-37-42-25-13-4-14-26-42/h1-30,45-65,75-79H,31-38,70H2,(H,71,80)(H,72,81)(H,73,82)/t45-,46+,47+,48-,49-,50-,51-,52+,53-,54-,55-,56-,57-,58-,59-,60-,61?,62?,63-,64-,65+/m1/s1. The quantitative estimate of drug-likeness (QED) is 0.0483. The Hall–Kier alpha value is -8.20. The maximum absolute atomic E-state index is 14.2. The SMILES string of the molecule is N[C@@H]1C[C@H](NC(=O)OCc2ccccc2)[C@@H](O[C@H]2O[C@@H]3COC(c4ccccc4)O[C@H]3[C@H](O)[C@H]2NC(=O)OCc2ccccc2)[C@H](O[C@@H]2O[C@H](CO)[C@@H](O[C@H]3O[C@H]4CN(C(=O)OCc5ccccc5)C(c5ccccc5)O[C@H]4[C@H](O)[C@H]3NC(=O)OCc3ccccc3)[C@H]2O)[C@H]1O. The summed E-state index contributed by atoms with van der Waals surface area (Å²) in [6.07, 6.45) is -29.5. The molecule has 5 aliphatic heterocycles.